The topological polar surface area (TPSA) is 66.6 Å². The number of hydrogen-bond donors (Lipinski definition) is 1. The minimum absolute atomic E-state index is 0.0754. The van der Waals surface area contributed by atoms with Crippen molar-refractivity contribution in [2.75, 3.05) is 31.9 Å². The standard InChI is InChI=1S/C16H25N3O2/c1-5-18(6-2)15(20)12-9-10-14(17)13(11-12)16(21)19(7-3)8-4/h9-11H,5-8,17H2,1-4H3. The number of nitrogens with two attached hydrogens (primary N) is 1. The van der Waals surface area contributed by atoms with Crippen molar-refractivity contribution in [3.05, 3.63) is 29.3 Å². The number of carbonyl (C=O) groups is 2. The normalized spacial score (nSPS) is 10.3. The SMILES string of the molecule is CCN(CC)C(=O)c1ccc(N)c(C(=O)N(CC)CC)c1. The molecule has 0 aliphatic carbocycles. The van der Waals surface area contributed by atoms with Crippen LogP contribution in [-0.4, -0.2) is 47.8 Å². The summed E-state index contributed by atoms with van der Waals surface area (Å²) in [5, 5.41) is 0. The molecule has 0 aliphatic rings. The zero-order valence-electron chi connectivity index (χ0n) is 13.3. The van der Waals surface area contributed by atoms with Crippen LogP contribution in [0.1, 0.15) is 48.4 Å². The number of nitrogen functional groups attached to an aromatic ring is 1. The van der Waals surface area contributed by atoms with E-state index in [-0.39, 0.29) is 11.8 Å². The lowest BCUT2D eigenvalue weighted by atomic mass is 10.1. The van der Waals surface area contributed by atoms with E-state index >= 15 is 0 Å². The average molecular weight is 291 g/mol. The van der Waals surface area contributed by atoms with Gasteiger partial charge in [-0.2, -0.15) is 0 Å². The van der Waals surface area contributed by atoms with E-state index in [0.29, 0.717) is 43.0 Å². The Morgan fingerprint density at radius 1 is 0.905 bits per heavy atom. The first kappa shape index (κ1) is 17.0. The summed E-state index contributed by atoms with van der Waals surface area (Å²) in [5.74, 6) is -0.208. The van der Waals surface area contributed by atoms with Crippen LogP contribution in [-0.2, 0) is 0 Å². The summed E-state index contributed by atoms with van der Waals surface area (Å²) in [6.45, 7) is 10.2. The molecule has 0 atom stereocenters. The molecular formula is C16H25N3O2. The second-order valence-electron chi connectivity index (χ2n) is 4.76. The van der Waals surface area contributed by atoms with Crippen molar-refractivity contribution in [3.8, 4) is 0 Å². The molecule has 1 aromatic rings. The number of anilines is 1. The molecule has 0 heterocycles. The molecule has 0 saturated carbocycles. The monoisotopic (exact) mass is 291 g/mol. The molecule has 1 rings (SSSR count). The van der Waals surface area contributed by atoms with Crippen LogP contribution >= 0.6 is 0 Å². The third-order valence-electron chi connectivity index (χ3n) is 3.63. The van der Waals surface area contributed by atoms with Gasteiger partial charge < -0.3 is 15.5 Å². The molecule has 116 valence electrons. The number of rotatable bonds is 6. The van der Waals surface area contributed by atoms with E-state index in [0.717, 1.165) is 0 Å². The molecular weight excluding hydrogens is 266 g/mol. The van der Waals surface area contributed by atoms with Gasteiger partial charge in [0.25, 0.3) is 11.8 Å². The van der Waals surface area contributed by atoms with E-state index in [1.807, 2.05) is 27.7 Å². The highest BCUT2D eigenvalue weighted by molar-refractivity contribution is 6.03. The summed E-state index contributed by atoms with van der Waals surface area (Å²) in [7, 11) is 0. The maximum atomic E-state index is 12.4. The molecule has 21 heavy (non-hydrogen) atoms. The van der Waals surface area contributed by atoms with Crippen LogP contribution in [0, 0.1) is 0 Å². The summed E-state index contributed by atoms with van der Waals surface area (Å²) < 4.78 is 0. The Kier molecular flexibility index (Phi) is 6.21. The minimum Gasteiger partial charge on any atom is -0.398 e. The molecule has 2 amide bonds. The van der Waals surface area contributed by atoms with Gasteiger partial charge in [-0.25, -0.2) is 0 Å². The number of carbonyl (C=O) groups excluding carboxylic acids is 2. The summed E-state index contributed by atoms with van der Waals surface area (Å²) in [6.07, 6.45) is 0. The van der Waals surface area contributed by atoms with E-state index in [1.165, 1.54) is 0 Å². The fraction of sp³-hybridized carbons (Fsp3) is 0.500. The van der Waals surface area contributed by atoms with Crippen LogP contribution in [0.5, 0.6) is 0 Å². The van der Waals surface area contributed by atoms with Crippen LogP contribution < -0.4 is 5.73 Å². The number of benzene rings is 1. The second-order valence-corrected chi connectivity index (χ2v) is 4.76. The van der Waals surface area contributed by atoms with Gasteiger partial charge in [0.05, 0.1) is 5.56 Å². The molecule has 5 nitrogen and oxygen atoms in total. The highest BCUT2D eigenvalue weighted by atomic mass is 16.2. The van der Waals surface area contributed by atoms with E-state index in [2.05, 4.69) is 0 Å². The first-order chi connectivity index (χ1) is 9.99. The van der Waals surface area contributed by atoms with Crippen LogP contribution in [0.25, 0.3) is 0 Å². The summed E-state index contributed by atoms with van der Waals surface area (Å²) in [4.78, 5) is 28.2. The number of amides is 2. The zero-order chi connectivity index (χ0) is 16.0. The van der Waals surface area contributed by atoms with Crippen LogP contribution in [0.4, 0.5) is 5.69 Å². The minimum atomic E-state index is -0.133. The van der Waals surface area contributed by atoms with Crippen LogP contribution in [0.2, 0.25) is 0 Å². The quantitative estimate of drug-likeness (QED) is 0.817. The van der Waals surface area contributed by atoms with Crippen molar-refractivity contribution in [3.63, 3.8) is 0 Å². The molecule has 0 aliphatic heterocycles. The van der Waals surface area contributed by atoms with E-state index in [4.69, 9.17) is 5.73 Å². The van der Waals surface area contributed by atoms with Gasteiger partial charge >= 0.3 is 0 Å². The Morgan fingerprint density at radius 3 is 1.86 bits per heavy atom. The van der Waals surface area contributed by atoms with Gasteiger partial charge in [-0.1, -0.05) is 0 Å². The Hall–Kier alpha value is -2.04. The molecule has 0 radical (unpaired) electrons. The lowest BCUT2D eigenvalue weighted by Crippen LogP contribution is -2.32. The molecule has 1 aromatic carbocycles. The van der Waals surface area contributed by atoms with E-state index < -0.39 is 0 Å². The molecule has 0 saturated heterocycles. The van der Waals surface area contributed by atoms with Gasteiger partial charge in [-0.05, 0) is 45.9 Å². The number of hydrogen-bond acceptors (Lipinski definition) is 3. The summed E-state index contributed by atoms with van der Waals surface area (Å²) >= 11 is 0. The molecule has 2 N–H and O–H groups in total. The van der Waals surface area contributed by atoms with E-state index in [1.54, 1.807) is 28.0 Å². The van der Waals surface area contributed by atoms with Gasteiger partial charge in [0.15, 0.2) is 0 Å². The molecule has 5 heteroatoms. The fourth-order valence-corrected chi connectivity index (χ4v) is 2.25. The lowest BCUT2D eigenvalue weighted by Gasteiger charge is -2.21. The van der Waals surface area contributed by atoms with Gasteiger partial charge in [-0.3, -0.25) is 9.59 Å². The third-order valence-corrected chi connectivity index (χ3v) is 3.63. The summed E-state index contributed by atoms with van der Waals surface area (Å²) in [5.41, 5.74) is 7.21. The van der Waals surface area contributed by atoms with Gasteiger partial charge in [0.1, 0.15) is 0 Å². The predicted molar refractivity (Wildman–Crippen MR) is 85.4 cm³/mol. The zero-order valence-corrected chi connectivity index (χ0v) is 13.3. The fourth-order valence-electron chi connectivity index (χ4n) is 2.25. The molecule has 0 fully saturated rings. The maximum absolute atomic E-state index is 12.4. The first-order valence-corrected chi connectivity index (χ1v) is 7.48. The smallest absolute Gasteiger partial charge is 0.255 e. The van der Waals surface area contributed by atoms with Gasteiger partial charge in [0, 0.05) is 37.4 Å². The Morgan fingerprint density at radius 2 is 1.38 bits per heavy atom. The predicted octanol–water partition coefficient (Wildman–Crippen LogP) is 2.23. The first-order valence-electron chi connectivity index (χ1n) is 7.48. The van der Waals surface area contributed by atoms with Crippen molar-refractivity contribution in [2.45, 2.75) is 27.7 Å². The molecule has 0 unspecified atom stereocenters. The van der Waals surface area contributed by atoms with Gasteiger partial charge in [-0.15, -0.1) is 0 Å². The van der Waals surface area contributed by atoms with Crippen molar-refractivity contribution in [2.24, 2.45) is 0 Å². The van der Waals surface area contributed by atoms with Crippen LogP contribution in [0.15, 0.2) is 18.2 Å². The Balaban J connectivity index is 3.16. The van der Waals surface area contributed by atoms with Gasteiger partial charge in [0.2, 0.25) is 0 Å². The number of nitrogens with zero attached hydrogens (tertiary/aromatic N) is 2. The third kappa shape index (κ3) is 3.74. The lowest BCUT2D eigenvalue weighted by molar-refractivity contribution is 0.0772. The average Bonchev–Trinajstić information content (AvgIpc) is 2.49. The van der Waals surface area contributed by atoms with Crippen molar-refractivity contribution < 1.29 is 9.59 Å². The molecule has 0 bridgehead atoms. The molecule has 0 aromatic heterocycles. The summed E-state index contributed by atoms with van der Waals surface area (Å²) in [6, 6.07) is 4.92. The largest absolute Gasteiger partial charge is 0.398 e. The highest BCUT2D eigenvalue weighted by Gasteiger charge is 2.19. The molecule has 0 spiro atoms. The van der Waals surface area contributed by atoms with E-state index in [9.17, 15) is 9.59 Å². The Labute approximate surface area is 126 Å². The van der Waals surface area contributed by atoms with Crippen molar-refractivity contribution >= 4 is 17.5 Å². The van der Waals surface area contributed by atoms with Crippen molar-refractivity contribution in [1.29, 1.82) is 0 Å². The maximum Gasteiger partial charge on any atom is 0.255 e. The highest BCUT2D eigenvalue weighted by Crippen LogP contribution is 2.18. The Bertz CT molecular complexity index is 506. The second kappa shape index (κ2) is 7.67. The van der Waals surface area contributed by atoms with Crippen molar-refractivity contribution in [1.82, 2.24) is 9.80 Å². The van der Waals surface area contributed by atoms with Crippen LogP contribution in [0.3, 0.4) is 0 Å².